The third-order valence-corrected chi connectivity index (χ3v) is 18.5. The van der Waals surface area contributed by atoms with E-state index in [0.717, 1.165) is 94.7 Å². The lowest BCUT2D eigenvalue weighted by Gasteiger charge is -2.47. The molecule has 3 aliphatic carbocycles. The number of nitrogens with zero attached hydrogens (tertiary/aromatic N) is 2. The molecule has 2 aliphatic heterocycles. The minimum absolute atomic E-state index is 0.00433. The third-order valence-electron chi connectivity index (χ3n) is 18.5. The molecule has 1 aromatic heterocycles. The van der Waals surface area contributed by atoms with Gasteiger partial charge in [0.05, 0.1) is 18.2 Å². The number of hydrogen-bond donors (Lipinski definition) is 0. The molecule has 7 aromatic rings. The van der Waals surface area contributed by atoms with Crippen molar-refractivity contribution in [3.8, 4) is 11.1 Å². The molecule has 12 rings (SSSR count). The summed E-state index contributed by atoms with van der Waals surface area (Å²) < 4.78 is 53.5. The van der Waals surface area contributed by atoms with Crippen molar-refractivity contribution in [3.63, 3.8) is 0 Å². The van der Waals surface area contributed by atoms with Gasteiger partial charge in [0.2, 0.25) is 0 Å². The molecule has 0 saturated carbocycles. The zero-order chi connectivity index (χ0) is 53.8. The Bertz CT molecular complexity index is 3600. The van der Waals surface area contributed by atoms with Crippen LogP contribution in [0.3, 0.4) is 0 Å². The molecular weight excluding hydrogens is 848 g/mol. The van der Waals surface area contributed by atoms with Crippen LogP contribution in [0, 0.1) is 0 Å². The smallest absolute Gasteiger partial charge is 0.297 e. The first-order chi connectivity index (χ1) is 34.8. The molecule has 0 spiro atoms. The van der Waals surface area contributed by atoms with Gasteiger partial charge in [0.25, 0.3) is 6.71 Å². The van der Waals surface area contributed by atoms with Gasteiger partial charge in [0.1, 0.15) is 5.58 Å². The number of anilines is 6. The zero-order valence-electron chi connectivity index (χ0n) is 49.6. The Labute approximate surface area is 427 Å². The SMILES string of the molecule is [2H]c1c([2H])c([2H])c(-c2cc3c4c(c2)N(c2ccc5c(c2)C(C)(C)CCC5(C)C)c2c(oc5cc6c(cc25)C(C)(C)CCC6(C)C)B4c2cc4c(cc2N3c2ccc(C(C)(C)C)cc2)C(C)(C)CCC4(C)C)c([2H])c1[2H]. The predicted molar refractivity (Wildman–Crippen MR) is 300 cm³/mol. The first kappa shape index (κ1) is 40.2. The second-order valence-electron chi connectivity index (χ2n) is 27.0. The van der Waals surface area contributed by atoms with Crippen LogP contribution in [0.5, 0.6) is 0 Å². The Kier molecular flexibility index (Phi) is 8.36. The van der Waals surface area contributed by atoms with Gasteiger partial charge in [-0.3, -0.25) is 0 Å². The van der Waals surface area contributed by atoms with Gasteiger partial charge >= 0.3 is 0 Å². The van der Waals surface area contributed by atoms with Gasteiger partial charge in [-0.1, -0.05) is 158 Å². The van der Waals surface area contributed by atoms with Crippen molar-refractivity contribution in [2.75, 3.05) is 9.80 Å². The molecule has 0 amide bonds. The molecule has 70 heavy (non-hydrogen) atoms. The molecule has 0 fully saturated rings. The minimum atomic E-state index is -0.400. The first-order valence-electron chi connectivity index (χ1n) is 28.8. The summed E-state index contributed by atoms with van der Waals surface area (Å²) in [5, 5.41) is 1.06. The van der Waals surface area contributed by atoms with Crippen molar-refractivity contribution in [1.29, 1.82) is 0 Å². The Hall–Kier alpha value is -5.48. The van der Waals surface area contributed by atoms with Crippen LogP contribution in [0.4, 0.5) is 34.1 Å². The minimum Gasteiger partial charge on any atom is -0.468 e. The van der Waals surface area contributed by atoms with Gasteiger partial charge in [0.15, 0.2) is 0 Å². The van der Waals surface area contributed by atoms with Gasteiger partial charge in [-0.2, -0.15) is 0 Å². The Morgan fingerprint density at radius 2 is 0.971 bits per heavy atom. The maximum Gasteiger partial charge on any atom is 0.297 e. The molecule has 3 nitrogen and oxygen atoms in total. The van der Waals surface area contributed by atoms with Gasteiger partial charge in [-0.15, -0.1) is 0 Å². The van der Waals surface area contributed by atoms with Gasteiger partial charge in [-0.05, 0) is 192 Å². The van der Waals surface area contributed by atoms with Crippen molar-refractivity contribution >= 4 is 68.4 Å². The third kappa shape index (κ3) is 6.66. The van der Waals surface area contributed by atoms with Crippen LogP contribution in [-0.4, -0.2) is 6.71 Å². The van der Waals surface area contributed by atoms with E-state index in [-0.39, 0.29) is 74.4 Å². The Balaban J connectivity index is 1.28. The van der Waals surface area contributed by atoms with Gasteiger partial charge in [0, 0.05) is 33.8 Å². The maximum absolute atomic E-state index is 9.54. The van der Waals surface area contributed by atoms with E-state index in [1.807, 2.05) is 0 Å². The molecule has 0 unspecified atom stereocenters. The topological polar surface area (TPSA) is 19.6 Å². The summed E-state index contributed by atoms with van der Waals surface area (Å²) in [6.45, 7) is 35.1. The van der Waals surface area contributed by atoms with E-state index in [1.165, 1.54) is 44.4 Å². The summed E-state index contributed by atoms with van der Waals surface area (Å²) >= 11 is 0. The molecule has 0 saturated heterocycles. The lowest BCUT2D eigenvalue weighted by atomic mass is 9.35. The van der Waals surface area contributed by atoms with E-state index >= 15 is 0 Å². The molecule has 0 atom stereocenters. The molecule has 0 radical (unpaired) electrons. The van der Waals surface area contributed by atoms with Crippen LogP contribution in [0.1, 0.15) is 188 Å². The number of fused-ring (bicyclic) bond motifs is 9. The zero-order valence-corrected chi connectivity index (χ0v) is 44.6. The average molecular weight is 928 g/mol. The largest absolute Gasteiger partial charge is 0.468 e. The van der Waals surface area contributed by atoms with Crippen molar-refractivity contribution in [1.82, 2.24) is 0 Å². The number of hydrogen-bond acceptors (Lipinski definition) is 3. The van der Waals surface area contributed by atoms with Crippen LogP contribution in [0.15, 0.2) is 113 Å². The van der Waals surface area contributed by atoms with Crippen LogP contribution in [0.2, 0.25) is 0 Å². The van der Waals surface area contributed by atoms with E-state index in [0.29, 0.717) is 5.56 Å². The summed E-state index contributed by atoms with van der Waals surface area (Å²) in [7, 11) is 0. The number of rotatable bonds is 3. The number of benzene rings is 6. The maximum atomic E-state index is 9.54. The summed E-state index contributed by atoms with van der Waals surface area (Å²) in [6.07, 6.45) is 6.45. The molecular formula is C66H75BN2O. The van der Waals surface area contributed by atoms with E-state index < -0.39 is 6.04 Å². The van der Waals surface area contributed by atoms with Gasteiger partial charge < -0.3 is 14.2 Å². The summed E-state index contributed by atoms with van der Waals surface area (Å²) in [6, 6.07) is 28.7. The quantitative estimate of drug-likeness (QED) is 0.165. The first-order valence-corrected chi connectivity index (χ1v) is 26.3. The highest BCUT2D eigenvalue weighted by atomic mass is 16.3. The Morgan fingerprint density at radius 1 is 0.486 bits per heavy atom. The fourth-order valence-corrected chi connectivity index (χ4v) is 13.5. The van der Waals surface area contributed by atoms with E-state index in [4.69, 9.17) is 8.53 Å². The number of furan rings is 1. The van der Waals surface area contributed by atoms with E-state index in [2.05, 4.69) is 193 Å². The molecule has 6 aromatic carbocycles. The predicted octanol–water partition coefficient (Wildman–Crippen LogP) is 16.5. The fourth-order valence-electron chi connectivity index (χ4n) is 13.5. The highest BCUT2D eigenvalue weighted by molar-refractivity contribution is 7.00. The molecule has 4 heteroatoms. The van der Waals surface area contributed by atoms with Crippen molar-refractivity contribution in [2.45, 2.75) is 180 Å². The summed E-state index contributed by atoms with van der Waals surface area (Å²) in [4.78, 5) is 4.86. The van der Waals surface area contributed by atoms with Crippen molar-refractivity contribution in [2.24, 2.45) is 0 Å². The van der Waals surface area contributed by atoms with Crippen molar-refractivity contribution < 1.29 is 11.3 Å². The molecule has 5 aliphatic rings. The fraction of sp³-hybridized carbons (Fsp3) is 0.424. The van der Waals surface area contributed by atoms with Crippen LogP contribution in [0.25, 0.3) is 22.1 Å². The molecule has 0 N–H and O–H groups in total. The lowest BCUT2D eigenvalue weighted by molar-refractivity contribution is 0.332. The van der Waals surface area contributed by atoms with Crippen LogP contribution >= 0.6 is 0 Å². The highest BCUT2D eigenvalue weighted by Gasteiger charge is 2.50. The van der Waals surface area contributed by atoms with Crippen LogP contribution < -0.4 is 26.4 Å². The summed E-state index contributed by atoms with van der Waals surface area (Å²) in [5.41, 5.74) is 19.6. The molecule has 0 bridgehead atoms. The van der Waals surface area contributed by atoms with E-state index in [1.54, 1.807) is 0 Å². The summed E-state index contributed by atoms with van der Waals surface area (Å²) in [5.74, 6) is 0. The second kappa shape index (κ2) is 14.6. The molecule has 3 heterocycles. The van der Waals surface area contributed by atoms with Crippen LogP contribution in [-0.2, 0) is 37.9 Å². The average Bonchev–Trinajstić information content (AvgIpc) is 3.74. The van der Waals surface area contributed by atoms with Gasteiger partial charge in [-0.25, -0.2) is 0 Å². The monoisotopic (exact) mass is 928 g/mol. The second-order valence-corrected chi connectivity index (χ2v) is 27.0. The van der Waals surface area contributed by atoms with E-state index in [9.17, 15) is 2.74 Å². The molecule has 358 valence electrons. The highest BCUT2D eigenvalue weighted by Crippen LogP contribution is 2.55. The lowest BCUT2D eigenvalue weighted by Crippen LogP contribution is -2.61. The van der Waals surface area contributed by atoms with Crippen molar-refractivity contribution in [3.05, 3.63) is 148 Å². The normalized spacial score (nSPS) is 21.5. The Morgan fingerprint density at radius 3 is 1.54 bits per heavy atom. The standard InChI is InChI=1S/C66H75BN2O/c1-60(2,3)42-21-23-43(24-22-42)68-53-38-50-49(64(10,11)30-31-65(50,12)13)37-52(53)67-57-54(68)33-41(40-19-17-16-18-20-40)34-55(57)69(44-25-26-46-47(35-44)62(6,7)28-27-61(46,4)5)58-45-36-48-51(39-56(45)70-59(58)67)66(14,15)32-29-63(48,8)9/h16-26,33-39H,27-32H2,1-15H3/i16D,17D,18D,19D,20D.